The summed E-state index contributed by atoms with van der Waals surface area (Å²) in [6.07, 6.45) is 7.30. The van der Waals surface area contributed by atoms with E-state index in [0.717, 1.165) is 41.8 Å². The van der Waals surface area contributed by atoms with Gasteiger partial charge in [0.15, 0.2) is 0 Å². The highest BCUT2D eigenvalue weighted by atomic mass is 19.3. The van der Waals surface area contributed by atoms with Crippen molar-refractivity contribution in [2.45, 2.75) is 56.1 Å². The second-order valence-electron chi connectivity index (χ2n) is 11.4. The second kappa shape index (κ2) is 8.41. The van der Waals surface area contributed by atoms with Gasteiger partial charge in [-0.25, -0.2) is 23.7 Å². The van der Waals surface area contributed by atoms with E-state index in [0.29, 0.717) is 37.1 Å². The minimum absolute atomic E-state index is 0.184. The van der Waals surface area contributed by atoms with Gasteiger partial charge in [-0.2, -0.15) is 4.98 Å². The van der Waals surface area contributed by atoms with E-state index < -0.39 is 18.1 Å². The topological polar surface area (TPSA) is 91.3 Å². The lowest BCUT2D eigenvalue weighted by Gasteiger charge is -2.59. The molecule has 38 heavy (non-hydrogen) atoms. The molecule has 0 unspecified atom stereocenters. The fraction of sp³-hybridized carbons (Fsp3) is 0.556. The molecular weight excluding hydrogens is 490 g/mol. The number of fused-ring (bicyclic) bond motifs is 1. The first-order valence-electron chi connectivity index (χ1n) is 13.4. The number of nitrogens with zero attached hydrogens (tertiary/aromatic N) is 6. The molecule has 1 atom stereocenters. The third-order valence-corrected chi connectivity index (χ3v) is 8.85. The minimum atomic E-state index is -2.94. The van der Waals surface area contributed by atoms with Crippen LogP contribution < -0.4 is 20.4 Å². The van der Waals surface area contributed by atoms with Crippen molar-refractivity contribution in [3.05, 3.63) is 36.3 Å². The second-order valence-corrected chi connectivity index (χ2v) is 11.4. The smallest absolute Gasteiger partial charge is 0.293 e. The lowest BCUT2D eigenvalue weighted by molar-refractivity contribution is -0.276. The van der Waals surface area contributed by atoms with Crippen molar-refractivity contribution in [2.24, 2.45) is 0 Å². The van der Waals surface area contributed by atoms with Crippen LogP contribution in [0.1, 0.15) is 44.6 Å². The van der Waals surface area contributed by atoms with Crippen LogP contribution in [0.3, 0.4) is 0 Å². The Kier molecular flexibility index (Phi) is 5.29. The molecule has 4 fully saturated rings. The first-order valence-corrected chi connectivity index (χ1v) is 13.4. The maximum atomic E-state index is 14.9. The Labute approximate surface area is 220 Å². The standard InChI is InChI=1S/C27H32F2N8O/c1-17(2)19-12-33-23(37-9-4-25(37)14-30-15-25)20-13-32-22(11-18(19)20)34-21-3-7-31-24(35-21)36-8-5-26(6-10-38-26)27(28,29)16-36/h3,7,11-13,17,30H,4-6,8-10,14-16H2,1-2H3,(H,31,32,34,35)/t26-/m1/s1. The number of halogens is 2. The normalized spacial score (nSPS) is 25.4. The highest BCUT2D eigenvalue weighted by Gasteiger charge is 2.61. The van der Waals surface area contributed by atoms with Crippen LogP contribution in [0.2, 0.25) is 0 Å². The molecule has 0 aliphatic carbocycles. The lowest BCUT2D eigenvalue weighted by Crippen LogP contribution is -2.76. The molecule has 0 bridgehead atoms. The van der Waals surface area contributed by atoms with Gasteiger partial charge in [0.25, 0.3) is 5.92 Å². The van der Waals surface area contributed by atoms with Crippen LogP contribution in [-0.2, 0) is 4.74 Å². The molecule has 0 amide bonds. The minimum Gasteiger partial charge on any atom is -0.368 e. The number of pyridine rings is 2. The van der Waals surface area contributed by atoms with Crippen LogP contribution in [0.15, 0.2) is 30.7 Å². The largest absolute Gasteiger partial charge is 0.368 e. The first kappa shape index (κ1) is 23.9. The van der Waals surface area contributed by atoms with Gasteiger partial charge in [0, 0.05) is 63.0 Å². The maximum Gasteiger partial charge on any atom is 0.293 e. The van der Waals surface area contributed by atoms with Crippen molar-refractivity contribution in [1.29, 1.82) is 0 Å². The zero-order chi connectivity index (χ0) is 26.1. The fourth-order valence-corrected chi connectivity index (χ4v) is 6.20. The molecule has 0 aromatic carbocycles. The van der Waals surface area contributed by atoms with E-state index in [9.17, 15) is 8.78 Å². The molecule has 7 heterocycles. The average molecular weight is 523 g/mol. The zero-order valence-corrected chi connectivity index (χ0v) is 21.7. The predicted octanol–water partition coefficient (Wildman–Crippen LogP) is 3.84. The number of alkyl halides is 2. The van der Waals surface area contributed by atoms with Gasteiger partial charge < -0.3 is 25.2 Å². The number of aromatic nitrogens is 4. The summed E-state index contributed by atoms with van der Waals surface area (Å²) in [5.74, 6) is -0.251. The Hall–Kier alpha value is -3.18. The number of anilines is 4. The predicted molar refractivity (Wildman–Crippen MR) is 142 cm³/mol. The summed E-state index contributed by atoms with van der Waals surface area (Å²) in [6.45, 7) is 7.67. The Morgan fingerprint density at radius 2 is 1.87 bits per heavy atom. The molecule has 0 radical (unpaired) electrons. The number of hydrogen-bond acceptors (Lipinski definition) is 9. The molecule has 0 saturated carbocycles. The van der Waals surface area contributed by atoms with E-state index in [1.807, 2.05) is 18.5 Å². The summed E-state index contributed by atoms with van der Waals surface area (Å²) >= 11 is 0. The molecule has 7 rings (SSSR count). The number of nitrogens with one attached hydrogen (secondary N) is 2. The molecule has 9 nitrogen and oxygen atoms in total. The van der Waals surface area contributed by atoms with Crippen molar-refractivity contribution in [1.82, 2.24) is 25.3 Å². The fourth-order valence-electron chi connectivity index (χ4n) is 6.20. The van der Waals surface area contributed by atoms with E-state index in [-0.39, 0.29) is 17.9 Å². The highest BCUT2D eigenvalue weighted by molar-refractivity contribution is 5.96. The van der Waals surface area contributed by atoms with Crippen LogP contribution in [0, 0.1) is 0 Å². The van der Waals surface area contributed by atoms with E-state index >= 15 is 0 Å². The summed E-state index contributed by atoms with van der Waals surface area (Å²) in [7, 11) is 0. The summed E-state index contributed by atoms with van der Waals surface area (Å²) in [5.41, 5.74) is 0.0196. The Morgan fingerprint density at radius 1 is 1.03 bits per heavy atom. The Bertz CT molecular complexity index is 1390. The van der Waals surface area contributed by atoms with Crippen molar-refractivity contribution in [2.75, 3.05) is 54.4 Å². The molecule has 3 aromatic heterocycles. The van der Waals surface area contributed by atoms with Crippen LogP contribution in [0.25, 0.3) is 10.8 Å². The molecule has 2 spiro atoms. The maximum absolute atomic E-state index is 14.9. The van der Waals surface area contributed by atoms with Crippen LogP contribution in [0.4, 0.5) is 32.2 Å². The number of ether oxygens (including phenoxy) is 1. The van der Waals surface area contributed by atoms with E-state index in [1.165, 1.54) is 6.42 Å². The summed E-state index contributed by atoms with van der Waals surface area (Å²) < 4.78 is 35.1. The van der Waals surface area contributed by atoms with Gasteiger partial charge >= 0.3 is 0 Å². The van der Waals surface area contributed by atoms with Gasteiger partial charge in [-0.1, -0.05) is 13.8 Å². The summed E-state index contributed by atoms with van der Waals surface area (Å²) in [5, 5.41) is 8.82. The quantitative estimate of drug-likeness (QED) is 0.519. The summed E-state index contributed by atoms with van der Waals surface area (Å²) in [6, 6.07) is 3.76. The molecule has 4 aliphatic rings. The van der Waals surface area contributed by atoms with Gasteiger partial charge in [0.05, 0.1) is 18.7 Å². The van der Waals surface area contributed by atoms with Gasteiger partial charge in [-0.15, -0.1) is 0 Å². The zero-order valence-electron chi connectivity index (χ0n) is 21.7. The van der Waals surface area contributed by atoms with Gasteiger partial charge in [-0.3, -0.25) is 0 Å². The van der Waals surface area contributed by atoms with Gasteiger partial charge in [-0.05, 0) is 35.4 Å². The third kappa shape index (κ3) is 3.54. The monoisotopic (exact) mass is 522 g/mol. The molecule has 200 valence electrons. The SMILES string of the molecule is CC(C)c1cnc(N2CCC23CNC3)c2cnc(Nc3ccnc(N4CC[C@@]5(CCO5)C(F)(F)C4)n3)cc12. The van der Waals surface area contributed by atoms with Gasteiger partial charge in [0.1, 0.15) is 23.1 Å². The van der Waals surface area contributed by atoms with Gasteiger partial charge in [0.2, 0.25) is 5.95 Å². The third-order valence-electron chi connectivity index (χ3n) is 8.85. The number of hydrogen-bond donors (Lipinski definition) is 2. The number of piperidine rings is 1. The van der Waals surface area contributed by atoms with Crippen molar-refractivity contribution in [3.8, 4) is 0 Å². The average Bonchev–Trinajstić information content (AvgIpc) is 2.81. The van der Waals surface area contributed by atoms with E-state index in [4.69, 9.17) is 14.7 Å². The molecule has 4 aliphatic heterocycles. The molecule has 11 heteroatoms. The first-order chi connectivity index (χ1) is 18.3. The van der Waals surface area contributed by atoms with Crippen molar-refractivity contribution < 1.29 is 13.5 Å². The highest BCUT2D eigenvalue weighted by Crippen LogP contribution is 2.47. The van der Waals surface area contributed by atoms with Crippen molar-refractivity contribution >= 4 is 34.2 Å². The molecule has 4 saturated heterocycles. The van der Waals surface area contributed by atoms with Crippen LogP contribution in [-0.4, -0.2) is 76.3 Å². The van der Waals surface area contributed by atoms with E-state index in [2.05, 4.69) is 39.3 Å². The lowest BCUT2D eigenvalue weighted by atomic mass is 9.79. The molecule has 2 N–H and O–H groups in total. The van der Waals surface area contributed by atoms with Crippen molar-refractivity contribution in [3.63, 3.8) is 0 Å². The Balaban J connectivity index is 1.16. The summed E-state index contributed by atoms with van der Waals surface area (Å²) in [4.78, 5) is 22.4. The Morgan fingerprint density at radius 3 is 2.50 bits per heavy atom. The van der Waals surface area contributed by atoms with Crippen LogP contribution in [0.5, 0.6) is 0 Å². The molecular formula is C27H32F2N8O. The van der Waals surface area contributed by atoms with E-state index in [1.54, 1.807) is 17.2 Å². The molecule has 3 aromatic rings. The number of rotatable bonds is 5. The van der Waals surface area contributed by atoms with Crippen LogP contribution >= 0.6 is 0 Å².